The first kappa shape index (κ1) is 30.4. The molecule has 0 bridgehead atoms. The zero-order valence-corrected chi connectivity index (χ0v) is 23.0. The van der Waals surface area contributed by atoms with Crippen LogP contribution in [0, 0.1) is 23.2 Å². The molecule has 2 aliphatic heterocycles. The van der Waals surface area contributed by atoms with Crippen molar-refractivity contribution in [3.63, 3.8) is 0 Å². The fourth-order valence-corrected chi connectivity index (χ4v) is 5.46. The number of hydrogen-bond acceptors (Lipinski definition) is 7. The number of ether oxygens (including phenoxy) is 1. The second-order valence-corrected chi connectivity index (χ2v) is 11.6. The Morgan fingerprint density at radius 1 is 1.21 bits per heavy atom. The SMILES string of the molecule is CN(C(=O)[C@H](CC1CC1)NC(=O)C(F)(F)C(F)(F)F)[C@@H](CC1CC1)C(=O)N1C[C@@]2(C[C@H]1C#N)Oc1ncccc1NC2=O. The summed E-state index contributed by atoms with van der Waals surface area (Å²) in [6.45, 7) is -0.352. The van der Waals surface area contributed by atoms with Crippen LogP contribution >= 0.6 is 0 Å². The monoisotopic (exact) mass is 612 g/mol. The molecule has 2 saturated carbocycles. The van der Waals surface area contributed by atoms with Gasteiger partial charge >= 0.3 is 18.0 Å². The lowest BCUT2D eigenvalue weighted by molar-refractivity contribution is -0.270. The van der Waals surface area contributed by atoms with Crippen LogP contribution < -0.4 is 15.4 Å². The molecule has 3 heterocycles. The maximum atomic E-state index is 14.0. The molecule has 1 aromatic heterocycles. The number of halogens is 5. The number of hydrogen-bond donors (Lipinski definition) is 2. The van der Waals surface area contributed by atoms with Crippen molar-refractivity contribution >= 4 is 29.3 Å². The van der Waals surface area contributed by atoms with Gasteiger partial charge in [0.25, 0.3) is 5.91 Å². The van der Waals surface area contributed by atoms with Gasteiger partial charge in [-0.3, -0.25) is 19.2 Å². The first-order valence-corrected chi connectivity index (χ1v) is 13.8. The number of amides is 4. The lowest BCUT2D eigenvalue weighted by Crippen LogP contribution is -2.59. The predicted octanol–water partition coefficient (Wildman–Crippen LogP) is 2.39. The molecular formula is C27H29F5N6O5. The van der Waals surface area contributed by atoms with Crippen LogP contribution in [0.5, 0.6) is 5.88 Å². The van der Waals surface area contributed by atoms with Crippen LogP contribution in [0.15, 0.2) is 18.3 Å². The molecule has 4 atom stereocenters. The minimum Gasteiger partial charge on any atom is -0.457 e. The molecule has 4 aliphatic rings. The van der Waals surface area contributed by atoms with Gasteiger partial charge in [-0.1, -0.05) is 25.7 Å². The fourth-order valence-electron chi connectivity index (χ4n) is 5.46. The number of carbonyl (C=O) groups is 4. The molecule has 11 nitrogen and oxygen atoms in total. The number of carbonyl (C=O) groups excluding carboxylic acids is 4. The van der Waals surface area contributed by atoms with E-state index in [1.165, 1.54) is 13.2 Å². The van der Waals surface area contributed by atoms with Crippen LogP contribution in [0.4, 0.5) is 27.6 Å². The number of nitrogens with one attached hydrogen (secondary N) is 2. The summed E-state index contributed by atoms with van der Waals surface area (Å²) >= 11 is 0. The second-order valence-electron chi connectivity index (χ2n) is 11.6. The van der Waals surface area contributed by atoms with Gasteiger partial charge in [-0.15, -0.1) is 0 Å². The van der Waals surface area contributed by atoms with Crippen molar-refractivity contribution in [2.45, 2.75) is 80.8 Å². The molecule has 1 aromatic rings. The van der Waals surface area contributed by atoms with Crippen LogP contribution in [0.3, 0.4) is 0 Å². The average Bonchev–Trinajstić information content (AvgIpc) is 3.89. The van der Waals surface area contributed by atoms with E-state index in [0.29, 0.717) is 18.5 Å². The molecule has 5 rings (SSSR count). The Morgan fingerprint density at radius 2 is 1.86 bits per heavy atom. The highest BCUT2D eigenvalue weighted by atomic mass is 19.4. The van der Waals surface area contributed by atoms with Crippen molar-refractivity contribution in [3.05, 3.63) is 18.3 Å². The van der Waals surface area contributed by atoms with Crippen molar-refractivity contribution in [1.29, 1.82) is 5.26 Å². The second kappa shape index (κ2) is 10.9. The standard InChI is InChI=1S/C27H29F5N6O5/c1-37(21(39)18(9-14-4-5-14)36-24(42)26(28,29)27(30,31)32)19(10-15-6-7-15)22(40)38-13-25(11-16(38)12-33)23(41)35-17-3-2-8-34-20(17)43-25/h2-3,8,14-16,18-19H,4-7,9-11,13H2,1H3,(H,35,41)(H,36,42)/t16-,18-,19-,25+/m0/s1. The zero-order valence-electron chi connectivity index (χ0n) is 23.0. The van der Waals surface area contributed by atoms with E-state index in [1.54, 1.807) is 17.4 Å². The third kappa shape index (κ3) is 5.94. The number of alkyl halides is 5. The Kier molecular flexibility index (Phi) is 7.72. The van der Waals surface area contributed by atoms with Gasteiger partial charge in [-0.05, 0) is 36.8 Å². The highest BCUT2D eigenvalue weighted by Gasteiger charge is 2.64. The van der Waals surface area contributed by atoms with Gasteiger partial charge in [-0.2, -0.15) is 27.2 Å². The number of pyridine rings is 1. The van der Waals surface area contributed by atoms with Crippen LogP contribution in [0.25, 0.3) is 0 Å². The number of rotatable bonds is 9. The minimum absolute atomic E-state index is 0.0256. The summed E-state index contributed by atoms with van der Waals surface area (Å²) in [4.78, 5) is 58.8. The van der Waals surface area contributed by atoms with Crippen LogP contribution in [-0.2, 0) is 19.2 Å². The van der Waals surface area contributed by atoms with Crippen molar-refractivity contribution in [2.75, 3.05) is 18.9 Å². The smallest absolute Gasteiger partial charge is 0.457 e. The normalized spacial score (nSPS) is 24.7. The molecule has 0 radical (unpaired) electrons. The molecule has 2 N–H and O–H groups in total. The lowest BCUT2D eigenvalue weighted by atomic mass is 9.97. The number of likely N-dealkylation sites (tertiary alicyclic amines) is 1. The van der Waals surface area contributed by atoms with Gasteiger partial charge in [0, 0.05) is 19.7 Å². The van der Waals surface area contributed by atoms with Gasteiger partial charge < -0.3 is 25.2 Å². The van der Waals surface area contributed by atoms with E-state index in [2.05, 4.69) is 10.3 Å². The maximum Gasteiger partial charge on any atom is 0.463 e. The van der Waals surface area contributed by atoms with Gasteiger partial charge in [0.15, 0.2) is 0 Å². The molecule has 0 unspecified atom stereocenters. The van der Waals surface area contributed by atoms with Crippen molar-refractivity contribution in [3.8, 4) is 11.9 Å². The summed E-state index contributed by atoms with van der Waals surface area (Å²) in [5, 5.41) is 14.1. The summed E-state index contributed by atoms with van der Waals surface area (Å²) in [5.74, 6) is -10.7. The van der Waals surface area contributed by atoms with Gasteiger partial charge in [0.2, 0.25) is 23.3 Å². The molecule has 0 aromatic carbocycles. The highest BCUT2D eigenvalue weighted by Crippen LogP contribution is 2.41. The predicted molar refractivity (Wildman–Crippen MR) is 136 cm³/mol. The highest BCUT2D eigenvalue weighted by molar-refractivity contribution is 6.02. The molecular weight excluding hydrogens is 583 g/mol. The summed E-state index contributed by atoms with van der Waals surface area (Å²) < 4.78 is 71.9. The number of likely N-dealkylation sites (N-methyl/N-ethyl adjacent to an activating group) is 1. The number of fused-ring (bicyclic) bond motifs is 1. The number of nitrogens with zero attached hydrogens (tertiary/aromatic N) is 4. The van der Waals surface area contributed by atoms with Crippen LogP contribution in [-0.4, -0.2) is 87.8 Å². The van der Waals surface area contributed by atoms with Crippen LogP contribution in [0.1, 0.15) is 44.9 Å². The van der Waals surface area contributed by atoms with E-state index in [1.807, 2.05) is 6.07 Å². The van der Waals surface area contributed by atoms with Gasteiger partial charge in [-0.25, -0.2) is 4.98 Å². The third-order valence-corrected chi connectivity index (χ3v) is 8.35. The molecule has 232 valence electrons. The zero-order chi connectivity index (χ0) is 31.3. The van der Waals surface area contributed by atoms with E-state index < -0.39 is 59.5 Å². The van der Waals surface area contributed by atoms with Gasteiger partial charge in [0.1, 0.15) is 23.8 Å². The van der Waals surface area contributed by atoms with Crippen molar-refractivity contribution in [2.24, 2.45) is 11.8 Å². The van der Waals surface area contributed by atoms with Gasteiger partial charge in [0.05, 0.1) is 12.6 Å². The molecule has 2 aliphatic carbocycles. The van der Waals surface area contributed by atoms with E-state index >= 15 is 0 Å². The first-order valence-electron chi connectivity index (χ1n) is 13.8. The van der Waals surface area contributed by atoms with Crippen LogP contribution in [0.2, 0.25) is 0 Å². The quantitative estimate of drug-likeness (QED) is 0.408. The van der Waals surface area contributed by atoms with E-state index in [-0.39, 0.29) is 43.5 Å². The molecule has 1 spiro atoms. The number of anilines is 1. The third-order valence-electron chi connectivity index (χ3n) is 8.35. The Hall–Kier alpha value is -4.03. The summed E-state index contributed by atoms with van der Waals surface area (Å²) in [7, 11) is 1.21. The Balaban J connectivity index is 1.37. The molecule has 16 heteroatoms. The average molecular weight is 613 g/mol. The van der Waals surface area contributed by atoms with E-state index in [9.17, 15) is 46.4 Å². The largest absolute Gasteiger partial charge is 0.463 e. The van der Waals surface area contributed by atoms with E-state index in [0.717, 1.165) is 22.6 Å². The first-order chi connectivity index (χ1) is 20.2. The summed E-state index contributed by atoms with van der Waals surface area (Å²) in [6, 6.07) is 1.03. The minimum atomic E-state index is -6.16. The van der Waals surface area contributed by atoms with Crippen molar-refractivity contribution < 1.29 is 45.9 Å². The Labute approximate surface area is 242 Å². The molecule has 4 amide bonds. The summed E-state index contributed by atoms with van der Waals surface area (Å²) in [5.41, 5.74) is -1.33. The summed E-state index contributed by atoms with van der Waals surface area (Å²) in [6.07, 6.45) is -2.29. The lowest BCUT2D eigenvalue weighted by Gasteiger charge is -2.35. The molecule has 3 fully saturated rings. The molecule has 1 saturated heterocycles. The fraction of sp³-hybridized carbons (Fsp3) is 0.630. The number of aromatic nitrogens is 1. The molecule has 43 heavy (non-hydrogen) atoms. The number of nitriles is 1. The maximum absolute atomic E-state index is 14.0. The Bertz CT molecular complexity index is 1360. The van der Waals surface area contributed by atoms with E-state index in [4.69, 9.17) is 4.74 Å². The van der Waals surface area contributed by atoms with Crippen molar-refractivity contribution in [1.82, 2.24) is 20.1 Å². The Morgan fingerprint density at radius 3 is 2.47 bits per heavy atom. The topological polar surface area (TPSA) is 145 Å².